The highest BCUT2D eigenvalue weighted by atomic mass is 15.1. The molecule has 2 heteroatoms. The highest BCUT2D eigenvalue weighted by Gasteiger charge is 2.25. The van der Waals surface area contributed by atoms with Crippen LogP contribution in [-0.2, 0) is 0 Å². The molecule has 0 bridgehead atoms. The zero-order chi connectivity index (χ0) is 33.3. The van der Waals surface area contributed by atoms with E-state index in [2.05, 4.69) is 151 Å². The molecular weight excluding hydrogens is 593 g/mol. The van der Waals surface area contributed by atoms with E-state index < -0.39 is 0 Å². The molecule has 2 unspecified atom stereocenters. The number of nitrogens with zero attached hydrogens (tertiary/aromatic N) is 2. The fraction of sp³-hybridized carbons (Fsp3) is 0.0851. The van der Waals surface area contributed by atoms with Crippen molar-refractivity contribution in [3.05, 3.63) is 169 Å². The number of benzene rings is 6. The number of terminal acetylenes is 1. The normalized spacial score (nSPS) is 16.2. The molecule has 8 rings (SSSR count). The third-order valence-corrected chi connectivity index (χ3v) is 9.74. The molecule has 1 aliphatic rings. The summed E-state index contributed by atoms with van der Waals surface area (Å²) in [4.78, 5) is 5.18. The van der Waals surface area contributed by atoms with Crippen molar-refractivity contribution in [3.8, 4) is 46.0 Å². The van der Waals surface area contributed by atoms with Crippen LogP contribution in [0.4, 0.5) is 0 Å². The van der Waals surface area contributed by atoms with Crippen LogP contribution in [0, 0.1) is 18.3 Å². The van der Waals surface area contributed by atoms with Gasteiger partial charge in [0.05, 0.1) is 16.7 Å². The molecule has 0 saturated heterocycles. The third-order valence-electron chi connectivity index (χ3n) is 9.74. The average molecular weight is 629 g/mol. The summed E-state index contributed by atoms with van der Waals surface area (Å²) in [5.41, 5.74) is 9.87. The Kier molecular flexibility index (Phi) is 7.88. The molecule has 2 atom stereocenters. The van der Waals surface area contributed by atoms with E-state index in [0.29, 0.717) is 5.92 Å². The topological polar surface area (TPSA) is 17.8 Å². The molecule has 7 aromatic rings. The van der Waals surface area contributed by atoms with Crippen molar-refractivity contribution in [2.45, 2.75) is 19.8 Å². The lowest BCUT2D eigenvalue weighted by Gasteiger charge is -2.26. The van der Waals surface area contributed by atoms with Crippen LogP contribution in [0.5, 0.6) is 0 Å². The van der Waals surface area contributed by atoms with E-state index in [1.54, 1.807) is 0 Å². The van der Waals surface area contributed by atoms with Gasteiger partial charge in [0.1, 0.15) is 5.82 Å². The summed E-state index contributed by atoms with van der Waals surface area (Å²) in [6, 6.07) is 43.6. The second-order valence-corrected chi connectivity index (χ2v) is 12.7. The molecule has 0 amide bonds. The molecule has 1 aromatic heterocycles. The average Bonchev–Trinajstić information content (AvgIpc) is 3.54. The standard InChI is InChI=1S/C47H36N2/c1-4-6-19-37(5-2)49-44-24-15-14-23-43(44)48-47(49)36-29-30-41-42(31-36)46(38-20-11-10-16-32(38)3)40-22-13-12-21-39(40)45(41)35-27-25-34(26-28-35)33-17-8-7-9-18-33/h2,4,6-32,38H,1,3H3/b6-4-,37-19+. The molecule has 0 fully saturated rings. The predicted octanol–water partition coefficient (Wildman–Crippen LogP) is 12.2. The Morgan fingerprint density at radius 2 is 1.35 bits per heavy atom. The van der Waals surface area contributed by atoms with Crippen molar-refractivity contribution < 1.29 is 0 Å². The number of fused-ring (bicyclic) bond motifs is 3. The van der Waals surface area contributed by atoms with Gasteiger partial charge in [-0.3, -0.25) is 4.57 Å². The smallest absolute Gasteiger partial charge is 0.146 e. The molecule has 0 N–H and O–H groups in total. The summed E-state index contributed by atoms with van der Waals surface area (Å²) in [5, 5.41) is 4.99. The summed E-state index contributed by atoms with van der Waals surface area (Å²) < 4.78 is 2.12. The second-order valence-electron chi connectivity index (χ2n) is 12.7. The first kappa shape index (κ1) is 30.2. The van der Waals surface area contributed by atoms with Crippen LogP contribution in [0.3, 0.4) is 0 Å². The van der Waals surface area contributed by atoms with Gasteiger partial charge in [0.2, 0.25) is 0 Å². The van der Waals surface area contributed by atoms with Crippen LogP contribution >= 0.6 is 0 Å². The van der Waals surface area contributed by atoms with Crippen molar-refractivity contribution in [2.75, 3.05) is 0 Å². The fourth-order valence-electron chi connectivity index (χ4n) is 7.40. The molecule has 0 radical (unpaired) electrons. The van der Waals surface area contributed by atoms with Crippen LogP contribution in [0.1, 0.15) is 25.3 Å². The first-order chi connectivity index (χ1) is 24.2. The second kappa shape index (κ2) is 12.8. The molecule has 2 nitrogen and oxygen atoms in total. The van der Waals surface area contributed by atoms with Crippen molar-refractivity contribution in [1.82, 2.24) is 9.55 Å². The Morgan fingerprint density at radius 1 is 0.694 bits per heavy atom. The molecule has 0 aliphatic heterocycles. The molecule has 1 heterocycles. The number of rotatable bonds is 6. The van der Waals surface area contributed by atoms with E-state index in [4.69, 9.17) is 11.4 Å². The van der Waals surface area contributed by atoms with Gasteiger partial charge in [-0.25, -0.2) is 4.98 Å². The number of aromatic nitrogens is 2. The largest absolute Gasteiger partial charge is 0.285 e. The maximum Gasteiger partial charge on any atom is 0.146 e. The quantitative estimate of drug-likeness (QED) is 0.102. The van der Waals surface area contributed by atoms with Gasteiger partial charge >= 0.3 is 0 Å². The van der Waals surface area contributed by atoms with Crippen LogP contribution in [0.25, 0.3) is 71.9 Å². The molecular formula is C47H36N2. The van der Waals surface area contributed by atoms with Crippen LogP contribution in [-0.4, -0.2) is 9.55 Å². The van der Waals surface area contributed by atoms with Gasteiger partial charge in [-0.2, -0.15) is 0 Å². The van der Waals surface area contributed by atoms with Crippen molar-refractivity contribution in [1.29, 1.82) is 0 Å². The lowest BCUT2D eigenvalue weighted by molar-refractivity contribution is 0.643. The van der Waals surface area contributed by atoms with Gasteiger partial charge in [-0.05, 0) is 86.5 Å². The number of hydrogen-bond donors (Lipinski definition) is 0. The molecule has 49 heavy (non-hydrogen) atoms. The van der Waals surface area contributed by atoms with E-state index in [-0.39, 0.29) is 5.92 Å². The number of allylic oxidation sites excluding steroid dienone is 8. The molecule has 6 aromatic carbocycles. The maximum atomic E-state index is 6.15. The lowest BCUT2D eigenvalue weighted by atomic mass is 9.77. The SMILES string of the molecule is C#C/C(=C\C=C/C)n1c(-c2ccc3c(-c4ccc(-c5ccccc5)cc4)c4ccccc4c(C4C=CC=CC4C)c3c2)nc2ccccc21. The summed E-state index contributed by atoms with van der Waals surface area (Å²) in [6.07, 6.45) is 21.1. The van der Waals surface area contributed by atoms with E-state index in [1.807, 2.05) is 37.3 Å². The number of para-hydroxylation sites is 2. The van der Waals surface area contributed by atoms with E-state index in [1.165, 1.54) is 49.4 Å². The van der Waals surface area contributed by atoms with Crippen molar-refractivity contribution >= 4 is 38.3 Å². The van der Waals surface area contributed by atoms with Gasteiger partial charge < -0.3 is 0 Å². The van der Waals surface area contributed by atoms with E-state index in [0.717, 1.165) is 28.1 Å². The summed E-state index contributed by atoms with van der Waals surface area (Å²) in [5.74, 6) is 4.33. The van der Waals surface area contributed by atoms with Crippen LogP contribution in [0.15, 0.2) is 164 Å². The summed E-state index contributed by atoms with van der Waals surface area (Å²) in [6.45, 7) is 4.31. The Hall–Kier alpha value is -6.17. The lowest BCUT2D eigenvalue weighted by Crippen LogP contribution is -2.09. The molecule has 234 valence electrons. The van der Waals surface area contributed by atoms with Crippen LogP contribution in [0.2, 0.25) is 0 Å². The maximum absolute atomic E-state index is 6.15. The highest BCUT2D eigenvalue weighted by molar-refractivity contribution is 6.16. The van der Waals surface area contributed by atoms with Crippen LogP contribution < -0.4 is 0 Å². The van der Waals surface area contributed by atoms with Gasteiger partial charge in [0.25, 0.3) is 0 Å². The monoisotopic (exact) mass is 628 g/mol. The summed E-state index contributed by atoms with van der Waals surface area (Å²) >= 11 is 0. The van der Waals surface area contributed by atoms with Gasteiger partial charge in [-0.15, -0.1) is 6.42 Å². The van der Waals surface area contributed by atoms with Crippen molar-refractivity contribution in [2.24, 2.45) is 5.92 Å². The minimum absolute atomic E-state index is 0.219. The van der Waals surface area contributed by atoms with Gasteiger partial charge in [0.15, 0.2) is 0 Å². The number of hydrogen-bond acceptors (Lipinski definition) is 1. The Labute approximate surface area is 288 Å². The zero-order valence-corrected chi connectivity index (χ0v) is 27.7. The minimum atomic E-state index is 0.219. The van der Waals surface area contributed by atoms with E-state index in [9.17, 15) is 0 Å². The molecule has 0 spiro atoms. The zero-order valence-electron chi connectivity index (χ0n) is 27.7. The Bertz CT molecular complexity index is 2510. The van der Waals surface area contributed by atoms with Crippen molar-refractivity contribution in [3.63, 3.8) is 0 Å². The van der Waals surface area contributed by atoms with E-state index >= 15 is 0 Å². The van der Waals surface area contributed by atoms with Gasteiger partial charge in [0, 0.05) is 11.5 Å². The fourth-order valence-corrected chi connectivity index (χ4v) is 7.40. The first-order valence-corrected chi connectivity index (χ1v) is 16.9. The third kappa shape index (κ3) is 5.31. The molecule has 0 saturated carbocycles. The Morgan fingerprint density at radius 3 is 2.12 bits per heavy atom. The summed E-state index contributed by atoms with van der Waals surface area (Å²) in [7, 11) is 0. The van der Waals surface area contributed by atoms with Gasteiger partial charge in [-0.1, -0.05) is 152 Å². The predicted molar refractivity (Wildman–Crippen MR) is 209 cm³/mol. The minimum Gasteiger partial charge on any atom is -0.285 e. The Balaban J connectivity index is 1.43. The first-order valence-electron chi connectivity index (χ1n) is 16.9. The number of imidazole rings is 1. The highest BCUT2D eigenvalue weighted by Crippen LogP contribution is 2.46. The molecule has 1 aliphatic carbocycles.